The van der Waals surface area contributed by atoms with Gasteiger partial charge in [0.2, 0.25) is 0 Å². The van der Waals surface area contributed by atoms with Gasteiger partial charge in [0.15, 0.2) is 0 Å². The number of unbranched alkanes of at least 4 members (excludes halogenated alkanes) is 1. The summed E-state index contributed by atoms with van der Waals surface area (Å²) in [6.07, 6.45) is 8.16. The van der Waals surface area contributed by atoms with Gasteiger partial charge >= 0.3 is 0 Å². The zero-order chi connectivity index (χ0) is 9.97. The minimum Gasteiger partial charge on any atom is -0.323 e. The summed E-state index contributed by atoms with van der Waals surface area (Å²) in [4.78, 5) is 0. The fraction of sp³-hybridized carbons (Fsp3) is 0.385. The van der Waals surface area contributed by atoms with Crippen molar-refractivity contribution < 1.29 is 0 Å². The van der Waals surface area contributed by atoms with Gasteiger partial charge in [-0.15, -0.1) is 0 Å². The Kier molecular flexibility index (Phi) is 2.58. The van der Waals surface area contributed by atoms with E-state index in [-0.39, 0.29) is 0 Å². The molecule has 0 spiro atoms. The first kappa shape index (κ1) is 9.32. The first-order valence-electron chi connectivity index (χ1n) is 5.38. The van der Waals surface area contributed by atoms with Crippen LogP contribution < -0.4 is 0 Å². The molecule has 14 heavy (non-hydrogen) atoms. The summed E-state index contributed by atoms with van der Waals surface area (Å²) < 4.78 is 2.22. The quantitative estimate of drug-likeness (QED) is 0.691. The minimum atomic E-state index is 1.21. The summed E-state index contributed by atoms with van der Waals surface area (Å²) in [6.45, 7) is 4.46. The van der Waals surface area contributed by atoms with Gasteiger partial charge < -0.3 is 4.40 Å². The van der Waals surface area contributed by atoms with Crippen LogP contribution in [0.25, 0.3) is 5.52 Å². The van der Waals surface area contributed by atoms with Crippen molar-refractivity contribution in [1.82, 2.24) is 4.40 Å². The second kappa shape index (κ2) is 3.87. The zero-order valence-corrected chi connectivity index (χ0v) is 8.96. The van der Waals surface area contributed by atoms with E-state index in [0.29, 0.717) is 0 Å². The van der Waals surface area contributed by atoms with E-state index in [1.807, 2.05) is 0 Å². The number of aryl methyl sites for hydroxylation is 2. The molecule has 0 saturated heterocycles. The van der Waals surface area contributed by atoms with Gasteiger partial charge in [0, 0.05) is 17.9 Å². The average molecular weight is 187 g/mol. The molecule has 0 aromatic carbocycles. The fourth-order valence-electron chi connectivity index (χ4n) is 1.94. The van der Waals surface area contributed by atoms with Crippen LogP contribution in [0.1, 0.15) is 30.9 Å². The van der Waals surface area contributed by atoms with E-state index in [9.17, 15) is 0 Å². The molecule has 0 N–H and O–H groups in total. The molecule has 0 aliphatic carbocycles. The van der Waals surface area contributed by atoms with Crippen molar-refractivity contribution in [1.29, 1.82) is 0 Å². The van der Waals surface area contributed by atoms with Crippen LogP contribution in [0.5, 0.6) is 0 Å². The minimum absolute atomic E-state index is 1.21. The van der Waals surface area contributed by atoms with Crippen LogP contribution in [0.4, 0.5) is 0 Å². The molecule has 2 aromatic heterocycles. The normalized spacial score (nSPS) is 11.0. The lowest BCUT2D eigenvalue weighted by Gasteiger charge is -1.96. The zero-order valence-electron chi connectivity index (χ0n) is 8.96. The van der Waals surface area contributed by atoms with E-state index in [4.69, 9.17) is 0 Å². The smallest absolute Gasteiger partial charge is 0.0481 e. The lowest BCUT2D eigenvalue weighted by atomic mass is 10.1. The molecule has 0 atom stereocenters. The number of aromatic nitrogens is 1. The predicted molar refractivity (Wildman–Crippen MR) is 60.7 cm³/mol. The molecule has 0 bridgehead atoms. The summed E-state index contributed by atoms with van der Waals surface area (Å²) in [6, 6.07) is 6.37. The van der Waals surface area contributed by atoms with Crippen molar-refractivity contribution in [3.05, 3.63) is 41.7 Å². The number of pyridine rings is 1. The summed E-state index contributed by atoms with van der Waals surface area (Å²) in [7, 11) is 0. The topological polar surface area (TPSA) is 4.41 Å². The van der Waals surface area contributed by atoms with E-state index in [2.05, 4.69) is 48.8 Å². The van der Waals surface area contributed by atoms with Crippen LogP contribution in [-0.4, -0.2) is 4.40 Å². The van der Waals surface area contributed by atoms with Gasteiger partial charge in [-0.3, -0.25) is 0 Å². The Morgan fingerprint density at radius 1 is 1.29 bits per heavy atom. The summed E-state index contributed by atoms with van der Waals surface area (Å²) in [5, 5.41) is 0. The summed E-state index contributed by atoms with van der Waals surface area (Å²) in [5.41, 5.74) is 4.29. The largest absolute Gasteiger partial charge is 0.323 e. The number of hydrogen-bond acceptors (Lipinski definition) is 0. The third-order valence-electron chi connectivity index (χ3n) is 2.85. The van der Waals surface area contributed by atoms with Crippen molar-refractivity contribution >= 4 is 5.52 Å². The van der Waals surface area contributed by atoms with E-state index >= 15 is 0 Å². The Labute approximate surface area is 85.4 Å². The van der Waals surface area contributed by atoms with Crippen molar-refractivity contribution in [3.63, 3.8) is 0 Å². The Morgan fingerprint density at radius 2 is 2.14 bits per heavy atom. The second-order valence-electron chi connectivity index (χ2n) is 3.88. The molecule has 0 aliphatic heterocycles. The number of rotatable bonds is 3. The molecule has 74 valence electrons. The Balaban J connectivity index is 2.41. The molecule has 0 saturated carbocycles. The molecular weight excluding hydrogens is 170 g/mol. The third kappa shape index (κ3) is 1.54. The molecule has 2 rings (SSSR count). The number of nitrogens with zero attached hydrogens (tertiary/aromatic N) is 1. The first-order chi connectivity index (χ1) is 6.83. The maximum absolute atomic E-state index is 2.26. The van der Waals surface area contributed by atoms with Gasteiger partial charge in [0.25, 0.3) is 0 Å². The average Bonchev–Trinajstić information content (AvgIpc) is 2.54. The molecule has 1 nitrogen and oxygen atoms in total. The van der Waals surface area contributed by atoms with E-state index in [0.717, 1.165) is 0 Å². The van der Waals surface area contributed by atoms with E-state index in [1.54, 1.807) is 0 Å². The lowest BCUT2D eigenvalue weighted by molar-refractivity contribution is 0.792. The highest BCUT2D eigenvalue weighted by Crippen LogP contribution is 2.18. The van der Waals surface area contributed by atoms with Gasteiger partial charge in [-0.05, 0) is 43.0 Å². The predicted octanol–water partition coefficient (Wildman–Crippen LogP) is 3.59. The van der Waals surface area contributed by atoms with Crippen molar-refractivity contribution in [3.8, 4) is 0 Å². The highest BCUT2D eigenvalue weighted by atomic mass is 14.9. The molecule has 0 radical (unpaired) electrons. The molecular formula is C13H17N. The van der Waals surface area contributed by atoms with Crippen LogP contribution in [0.2, 0.25) is 0 Å². The maximum atomic E-state index is 2.26. The molecule has 0 fully saturated rings. The van der Waals surface area contributed by atoms with Crippen molar-refractivity contribution in [2.75, 3.05) is 0 Å². The molecule has 2 aromatic rings. The molecule has 2 heterocycles. The lowest BCUT2D eigenvalue weighted by Crippen LogP contribution is -1.83. The van der Waals surface area contributed by atoms with Crippen LogP contribution in [-0.2, 0) is 6.42 Å². The van der Waals surface area contributed by atoms with Gasteiger partial charge in [-0.25, -0.2) is 0 Å². The highest BCUT2D eigenvalue weighted by molar-refractivity contribution is 5.58. The monoisotopic (exact) mass is 187 g/mol. The Morgan fingerprint density at radius 3 is 2.86 bits per heavy atom. The Bertz CT molecular complexity index is 426. The van der Waals surface area contributed by atoms with Crippen molar-refractivity contribution in [2.24, 2.45) is 0 Å². The molecule has 0 aliphatic rings. The molecule has 0 unspecified atom stereocenters. The SMILES string of the molecule is CCCCc1cn2ccccc2c1C. The van der Waals surface area contributed by atoms with Crippen LogP contribution in [0.3, 0.4) is 0 Å². The second-order valence-corrected chi connectivity index (χ2v) is 3.88. The van der Waals surface area contributed by atoms with Crippen LogP contribution >= 0.6 is 0 Å². The Hall–Kier alpha value is -1.24. The van der Waals surface area contributed by atoms with E-state index in [1.165, 1.54) is 35.9 Å². The van der Waals surface area contributed by atoms with Gasteiger partial charge in [-0.1, -0.05) is 19.4 Å². The van der Waals surface area contributed by atoms with Crippen molar-refractivity contribution in [2.45, 2.75) is 33.1 Å². The van der Waals surface area contributed by atoms with E-state index < -0.39 is 0 Å². The standard InChI is InChI=1S/C13H17N/c1-3-4-7-12-10-14-9-6-5-8-13(14)11(12)2/h5-6,8-10H,3-4,7H2,1-2H3. The van der Waals surface area contributed by atoms with Crippen LogP contribution in [0.15, 0.2) is 30.6 Å². The van der Waals surface area contributed by atoms with Crippen LogP contribution in [0, 0.1) is 6.92 Å². The first-order valence-corrected chi connectivity index (χ1v) is 5.38. The number of fused-ring (bicyclic) bond motifs is 1. The summed E-state index contributed by atoms with van der Waals surface area (Å²) >= 11 is 0. The highest BCUT2D eigenvalue weighted by Gasteiger charge is 2.04. The molecule has 0 amide bonds. The number of hydrogen-bond donors (Lipinski definition) is 0. The maximum Gasteiger partial charge on any atom is 0.0481 e. The van der Waals surface area contributed by atoms with Gasteiger partial charge in [-0.2, -0.15) is 0 Å². The summed E-state index contributed by atoms with van der Waals surface area (Å²) in [5.74, 6) is 0. The fourth-order valence-corrected chi connectivity index (χ4v) is 1.94. The van der Waals surface area contributed by atoms with Gasteiger partial charge in [0.1, 0.15) is 0 Å². The van der Waals surface area contributed by atoms with Gasteiger partial charge in [0.05, 0.1) is 0 Å². The molecule has 1 heteroatoms. The third-order valence-corrected chi connectivity index (χ3v) is 2.85.